The number of nitrogens with one attached hydrogen (secondary N) is 1. The zero-order valence-electron chi connectivity index (χ0n) is 10.4. The summed E-state index contributed by atoms with van der Waals surface area (Å²) in [6.45, 7) is 1.94. The van der Waals surface area contributed by atoms with Gasteiger partial charge in [-0.15, -0.1) is 0 Å². The molecule has 0 radical (unpaired) electrons. The molecule has 0 fully saturated rings. The first-order valence-electron chi connectivity index (χ1n) is 5.87. The molecule has 0 aliphatic rings. The minimum atomic E-state index is -0.891. The van der Waals surface area contributed by atoms with Crippen molar-refractivity contribution < 1.29 is 14.3 Å². The number of benzene rings is 1. The Hall–Kier alpha value is -1.78. The number of hydrogen-bond acceptors (Lipinski definition) is 3. The standard InChI is InChI=1S/C14H14ClNO3/c1-9(14(17)18)16-8-10-6-7-13(19-10)11-4-2-3-5-12(11)15/h2-7,9,16H,8H2,1H3,(H,17,18)/t9-/m1/s1. The summed E-state index contributed by atoms with van der Waals surface area (Å²) in [4.78, 5) is 10.7. The number of rotatable bonds is 5. The summed E-state index contributed by atoms with van der Waals surface area (Å²) in [7, 11) is 0. The second-order valence-corrected chi connectivity index (χ2v) is 4.59. The van der Waals surface area contributed by atoms with Gasteiger partial charge >= 0.3 is 5.97 Å². The van der Waals surface area contributed by atoms with Crippen LogP contribution in [0.4, 0.5) is 0 Å². The normalized spacial score (nSPS) is 12.3. The molecular weight excluding hydrogens is 266 g/mol. The van der Waals surface area contributed by atoms with Crippen molar-refractivity contribution in [1.82, 2.24) is 5.32 Å². The smallest absolute Gasteiger partial charge is 0.320 e. The van der Waals surface area contributed by atoms with Crippen molar-refractivity contribution in [2.24, 2.45) is 0 Å². The third-order valence-corrected chi connectivity index (χ3v) is 3.08. The Morgan fingerprint density at radius 1 is 1.37 bits per heavy atom. The molecule has 2 rings (SSSR count). The Balaban J connectivity index is 2.08. The Morgan fingerprint density at radius 3 is 2.79 bits per heavy atom. The van der Waals surface area contributed by atoms with E-state index in [1.165, 1.54) is 0 Å². The molecule has 5 heteroatoms. The Bertz CT molecular complexity index is 580. The Kier molecular flexibility index (Phi) is 4.24. The van der Waals surface area contributed by atoms with E-state index in [9.17, 15) is 4.79 Å². The highest BCUT2D eigenvalue weighted by molar-refractivity contribution is 6.33. The van der Waals surface area contributed by atoms with Crippen LogP contribution in [0.3, 0.4) is 0 Å². The van der Waals surface area contributed by atoms with Gasteiger partial charge in [-0.2, -0.15) is 0 Å². The van der Waals surface area contributed by atoms with E-state index in [-0.39, 0.29) is 0 Å². The summed E-state index contributed by atoms with van der Waals surface area (Å²) in [5.41, 5.74) is 0.821. The van der Waals surface area contributed by atoms with Gasteiger partial charge in [-0.1, -0.05) is 23.7 Å². The van der Waals surface area contributed by atoms with E-state index in [0.29, 0.717) is 23.1 Å². The lowest BCUT2D eigenvalue weighted by Gasteiger charge is -2.06. The van der Waals surface area contributed by atoms with Crippen LogP contribution in [-0.2, 0) is 11.3 Å². The van der Waals surface area contributed by atoms with Crippen molar-refractivity contribution in [2.75, 3.05) is 0 Å². The second-order valence-electron chi connectivity index (χ2n) is 4.19. The number of aliphatic carboxylic acids is 1. The van der Waals surface area contributed by atoms with E-state index < -0.39 is 12.0 Å². The molecule has 2 aromatic rings. The predicted molar refractivity (Wildman–Crippen MR) is 73.1 cm³/mol. The van der Waals surface area contributed by atoms with Crippen LogP contribution in [0.15, 0.2) is 40.8 Å². The molecule has 4 nitrogen and oxygen atoms in total. The molecule has 2 N–H and O–H groups in total. The van der Waals surface area contributed by atoms with Crippen LogP contribution in [0.25, 0.3) is 11.3 Å². The zero-order chi connectivity index (χ0) is 13.8. The van der Waals surface area contributed by atoms with Gasteiger partial charge in [0, 0.05) is 5.56 Å². The lowest BCUT2D eigenvalue weighted by Crippen LogP contribution is -2.32. The Morgan fingerprint density at radius 2 is 2.11 bits per heavy atom. The maximum absolute atomic E-state index is 10.7. The zero-order valence-corrected chi connectivity index (χ0v) is 11.1. The van der Waals surface area contributed by atoms with Gasteiger partial charge in [-0.05, 0) is 31.2 Å². The highest BCUT2D eigenvalue weighted by Gasteiger charge is 2.12. The van der Waals surface area contributed by atoms with Crippen molar-refractivity contribution in [2.45, 2.75) is 19.5 Å². The molecule has 0 aliphatic carbocycles. The minimum absolute atomic E-state index is 0.359. The van der Waals surface area contributed by atoms with Gasteiger partial charge in [0.1, 0.15) is 17.6 Å². The van der Waals surface area contributed by atoms with Crippen molar-refractivity contribution in [1.29, 1.82) is 0 Å². The molecule has 0 amide bonds. The third kappa shape index (κ3) is 3.36. The van der Waals surface area contributed by atoms with Crippen LogP contribution in [0.5, 0.6) is 0 Å². The molecule has 1 aromatic heterocycles. The molecule has 19 heavy (non-hydrogen) atoms. The summed E-state index contributed by atoms with van der Waals surface area (Å²) in [5.74, 6) is 0.450. The topological polar surface area (TPSA) is 62.5 Å². The van der Waals surface area contributed by atoms with Crippen LogP contribution in [0, 0.1) is 0 Å². The second kappa shape index (κ2) is 5.91. The van der Waals surface area contributed by atoms with E-state index in [0.717, 1.165) is 5.56 Å². The maximum atomic E-state index is 10.7. The van der Waals surface area contributed by atoms with Crippen LogP contribution in [0.1, 0.15) is 12.7 Å². The fourth-order valence-corrected chi connectivity index (χ4v) is 1.85. The number of carboxylic acid groups (broad SMARTS) is 1. The SMILES string of the molecule is C[C@@H](NCc1ccc(-c2ccccc2Cl)o1)C(=O)O. The largest absolute Gasteiger partial charge is 0.480 e. The van der Waals surface area contributed by atoms with Gasteiger partial charge in [0.05, 0.1) is 11.6 Å². The average Bonchev–Trinajstić information content (AvgIpc) is 2.85. The molecule has 1 aromatic carbocycles. The minimum Gasteiger partial charge on any atom is -0.480 e. The molecule has 0 saturated heterocycles. The lowest BCUT2D eigenvalue weighted by atomic mass is 10.2. The summed E-state index contributed by atoms with van der Waals surface area (Å²) < 4.78 is 5.64. The highest BCUT2D eigenvalue weighted by atomic mass is 35.5. The van der Waals surface area contributed by atoms with Crippen LogP contribution < -0.4 is 5.32 Å². The lowest BCUT2D eigenvalue weighted by molar-refractivity contribution is -0.139. The summed E-state index contributed by atoms with van der Waals surface area (Å²) >= 11 is 6.08. The maximum Gasteiger partial charge on any atom is 0.320 e. The predicted octanol–water partition coefficient (Wildman–Crippen LogP) is 3.16. The van der Waals surface area contributed by atoms with Gasteiger partial charge in [0.15, 0.2) is 0 Å². The van der Waals surface area contributed by atoms with Crippen molar-refractivity contribution >= 4 is 17.6 Å². The highest BCUT2D eigenvalue weighted by Crippen LogP contribution is 2.28. The fourth-order valence-electron chi connectivity index (χ4n) is 1.62. The molecule has 0 spiro atoms. The summed E-state index contributed by atoms with van der Waals surface area (Å²) in [6.07, 6.45) is 0. The van der Waals surface area contributed by atoms with E-state index >= 15 is 0 Å². The van der Waals surface area contributed by atoms with Crippen LogP contribution in [-0.4, -0.2) is 17.1 Å². The van der Waals surface area contributed by atoms with E-state index in [4.69, 9.17) is 21.1 Å². The quantitative estimate of drug-likeness (QED) is 0.882. The average molecular weight is 280 g/mol. The number of furan rings is 1. The number of carbonyl (C=O) groups is 1. The first-order chi connectivity index (χ1) is 9.08. The fraction of sp³-hybridized carbons (Fsp3) is 0.214. The van der Waals surface area contributed by atoms with Gasteiger partial charge in [-0.25, -0.2) is 0 Å². The third-order valence-electron chi connectivity index (χ3n) is 2.75. The van der Waals surface area contributed by atoms with Gasteiger partial charge < -0.3 is 9.52 Å². The van der Waals surface area contributed by atoms with E-state index in [1.54, 1.807) is 19.1 Å². The number of carboxylic acids is 1. The molecular formula is C14H14ClNO3. The molecule has 0 unspecified atom stereocenters. The molecule has 100 valence electrons. The molecule has 0 saturated carbocycles. The Labute approximate surface area is 116 Å². The first kappa shape index (κ1) is 13.6. The van der Waals surface area contributed by atoms with E-state index in [1.807, 2.05) is 24.3 Å². The van der Waals surface area contributed by atoms with Crippen LogP contribution in [0.2, 0.25) is 5.02 Å². The number of hydrogen-bond donors (Lipinski definition) is 2. The molecule has 0 aliphatic heterocycles. The monoisotopic (exact) mass is 279 g/mol. The number of halogens is 1. The van der Waals surface area contributed by atoms with Gasteiger partial charge in [-0.3, -0.25) is 10.1 Å². The van der Waals surface area contributed by atoms with Crippen LogP contribution >= 0.6 is 11.6 Å². The van der Waals surface area contributed by atoms with Crippen molar-refractivity contribution in [3.05, 3.63) is 47.2 Å². The summed E-state index contributed by atoms with van der Waals surface area (Å²) in [5, 5.41) is 12.2. The summed E-state index contributed by atoms with van der Waals surface area (Å²) in [6, 6.07) is 10.4. The van der Waals surface area contributed by atoms with Gasteiger partial charge in [0.25, 0.3) is 0 Å². The van der Waals surface area contributed by atoms with E-state index in [2.05, 4.69) is 5.32 Å². The molecule has 1 heterocycles. The van der Waals surface area contributed by atoms with Crippen molar-refractivity contribution in [3.63, 3.8) is 0 Å². The molecule has 0 bridgehead atoms. The van der Waals surface area contributed by atoms with Gasteiger partial charge in [0.2, 0.25) is 0 Å². The first-order valence-corrected chi connectivity index (χ1v) is 6.25. The van der Waals surface area contributed by atoms with Crippen molar-refractivity contribution in [3.8, 4) is 11.3 Å². The molecule has 1 atom stereocenters.